The Morgan fingerprint density at radius 3 is 2.83 bits per heavy atom. The molecule has 2 aromatic carbocycles. The minimum absolute atomic E-state index is 0.00108. The summed E-state index contributed by atoms with van der Waals surface area (Å²) in [6.45, 7) is 2.43. The van der Waals surface area contributed by atoms with Gasteiger partial charge in [0, 0.05) is 30.1 Å². The number of nitrogens with zero attached hydrogens (tertiary/aromatic N) is 2. The third-order valence-corrected chi connectivity index (χ3v) is 3.96. The molecule has 1 N–H and O–H groups in total. The van der Waals surface area contributed by atoms with Gasteiger partial charge in [0.1, 0.15) is 6.04 Å². The van der Waals surface area contributed by atoms with Crippen molar-refractivity contribution in [1.82, 2.24) is 0 Å². The summed E-state index contributed by atoms with van der Waals surface area (Å²) in [6.07, 6.45) is 0.853. The van der Waals surface area contributed by atoms with Crippen LogP contribution in [0, 0.1) is 10.1 Å². The highest BCUT2D eigenvalue weighted by Crippen LogP contribution is 2.28. The molecule has 0 aromatic heterocycles. The number of amides is 1. The van der Waals surface area contributed by atoms with E-state index in [0.29, 0.717) is 12.2 Å². The number of fused-ring (bicyclic) bond motifs is 1. The average Bonchev–Trinajstić information content (AvgIpc) is 2.98. The molecule has 2 aromatic rings. The Bertz CT molecular complexity index is 760. The Kier molecular flexibility index (Phi) is 3.97. The molecule has 0 saturated carbocycles. The highest BCUT2D eigenvalue weighted by molar-refractivity contribution is 6.00. The van der Waals surface area contributed by atoms with Gasteiger partial charge in [0.25, 0.3) is 5.69 Å². The van der Waals surface area contributed by atoms with E-state index in [1.165, 1.54) is 17.7 Å². The predicted molar refractivity (Wildman–Crippen MR) is 88.7 cm³/mol. The van der Waals surface area contributed by atoms with Gasteiger partial charge in [-0.3, -0.25) is 14.9 Å². The van der Waals surface area contributed by atoms with Gasteiger partial charge in [0.2, 0.25) is 5.91 Å². The fraction of sp³-hybridized carbons (Fsp3) is 0.235. The van der Waals surface area contributed by atoms with Crippen LogP contribution in [-0.2, 0) is 11.2 Å². The van der Waals surface area contributed by atoms with Gasteiger partial charge in [-0.2, -0.15) is 0 Å². The fourth-order valence-corrected chi connectivity index (χ4v) is 2.82. The first-order valence-electron chi connectivity index (χ1n) is 7.46. The first-order valence-corrected chi connectivity index (χ1v) is 7.46. The summed E-state index contributed by atoms with van der Waals surface area (Å²) >= 11 is 0. The molecular weight excluding hydrogens is 294 g/mol. The van der Waals surface area contributed by atoms with E-state index >= 15 is 0 Å². The van der Waals surface area contributed by atoms with Gasteiger partial charge in [-0.05, 0) is 31.0 Å². The number of carbonyl (C=O) groups is 1. The zero-order valence-corrected chi connectivity index (χ0v) is 12.7. The first-order chi connectivity index (χ1) is 11.1. The molecule has 118 valence electrons. The van der Waals surface area contributed by atoms with E-state index in [4.69, 9.17) is 0 Å². The number of non-ortho nitro benzene ring substituents is 1. The molecule has 1 aliphatic rings. The first kappa shape index (κ1) is 15.0. The SMILES string of the molecule is CC(Nc1cccc([N+](=O)[O-])c1)C(=O)N1CCc2ccccc21. The molecule has 1 heterocycles. The quantitative estimate of drug-likeness (QED) is 0.695. The molecule has 23 heavy (non-hydrogen) atoms. The number of nitro benzene ring substituents is 1. The van der Waals surface area contributed by atoms with Gasteiger partial charge < -0.3 is 10.2 Å². The van der Waals surface area contributed by atoms with Gasteiger partial charge in [0.05, 0.1) is 4.92 Å². The lowest BCUT2D eigenvalue weighted by molar-refractivity contribution is -0.384. The normalized spacial score (nSPS) is 14.2. The number of hydrogen-bond acceptors (Lipinski definition) is 4. The predicted octanol–water partition coefficient (Wildman–Crippen LogP) is 2.98. The summed E-state index contributed by atoms with van der Waals surface area (Å²) in [5, 5.41) is 13.9. The molecule has 1 atom stereocenters. The van der Waals surface area contributed by atoms with Crippen LogP contribution in [0.5, 0.6) is 0 Å². The van der Waals surface area contributed by atoms with E-state index in [1.54, 1.807) is 24.0 Å². The van der Waals surface area contributed by atoms with Crippen LogP contribution in [0.25, 0.3) is 0 Å². The van der Waals surface area contributed by atoms with Crippen LogP contribution in [-0.4, -0.2) is 23.4 Å². The summed E-state index contributed by atoms with van der Waals surface area (Å²) in [7, 11) is 0. The van der Waals surface area contributed by atoms with Gasteiger partial charge in [-0.1, -0.05) is 24.3 Å². The molecule has 1 amide bonds. The van der Waals surface area contributed by atoms with Crippen LogP contribution in [0.2, 0.25) is 0 Å². The van der Waals surface area contributed by atoms with Gasteiger partial charge >= 0.3 is 0 Å². The van der Waals surface area contributed by atoms with E-state index < -0.39 is 11.0 Å². The maximum atomic E-state index is 12.7. The maximum Gasteiger partial charge on any atom is 0.271 e. The summed E-state index contributed by atoms with van der Waals surface area (Å²) in [5.41, 5.74) is 2.68. The molecule has 6 heteroatoms. The van der Waals surface area contributed by atoms with Gasteiger partial charge in [-0.25, -0.2) is 0 Å². The Morgan fingerprint density at radius 1 is 1.26 bits per heavy atom. The summed E-state index contributed by atoms with van der Waals surface area (Å²) in [4.78, 5) is 24.8. The molecule has 3 rings (SSSR count). The van der Waals surface area contributed by atoms with Crippen molar-refractivity contribution in [2.45, 2.75) is 19.4 Å². The van der Waals surface area contributed by atoms with Crippen LogP contribution in [0.4, 0.5) is 17.1 Å². The molecular formula is C17H17N3O3. The van der Waals surface area contributed by atoms with E-state index in [9.17, 15) is 14.9 Å². The summed E-state index contributed by atoms with van der Waals surface area (Å²) < 4.78 is 0. The largest absolute Gasteiger partial charge is 0.374 e. The van der Waals surface area contributed by atoms with Crippen molar-refractivity contribution >= 4 is 23.0 Å². The molecule has 0 fully saturated rings. The molecule has 0 radical (unpaired) electrons. The zero-order valence-electron chi connectivity index (χ0n) is 12.7. The second kappa shape index (κ2) is 6.08. The lowest BCUT2D eigenvalue weighted by Crippen LogP contribution is -2.40. The molecule has 0 aliphatic carbocycles. The van der Waals surface area contributed by atoms with Crippen LogP contribution < -0.4 is 10.2 Å². The van der Waals surface area contributed by atoms with Gasteiger partial charge in [0.15, 0.2) is 0 Å². The minimum Gasteiger partial charge on any atom is -0.374 e. The minimum atomic E-state index is -0.469. The number of nitrogens with one attached hydrogen (secondary N) is 1. The van der Waals surface area contributed by atoms with E-state index in [-0.39, 0.29) is 11.6 Å². The Hall–Kier alpha value is -2.89. The highest BCUT2D eigenvalue weighted by Gasteiger charge is 2.27. The van der Waals surface area contributed by atoms with Crippen LogP contribution in [0.1, 0.15) is 12.5 Å². The number of hydrogen-bond donors (Lipinski definition) is 1. The zero-order chi connectivity index (χ0) is 16.4. The third kappa shape index (κ3) is 3.01. The Labute approximate surface area is 133 Å². The second-order valence-corrected chi connectivity index (χ2v) is 5.54. The average molecular weight is 311 g/mol. The van der Waals surface area contributed by atoms with E-state index in [2.05, 4.69) is 5.32 Å². The highest BCUT2D eigenvalue weighted by atomic mass is 16.6. The number of nitro groups is 1. The van der Waals surface area contributed by atoms with Crippen LogP contribution in [0.15, 0.2) is 48.5 Å². The number of carbonyl (C=O) groups excluding carboxylic acids is 1. The second-order valence-electron chi connectivity index (χ2n) is 5.54. The lowest BCUT2D eigenvalue weighted by atomic mass is 10.2. The Balaban J connectivity index is 1.74. The standard InChI is InChI=1S/C17H17N3O3/c1-12(18-14-6-4-7-15(11-14)20(22)23)17(21)19-10-9-13-5-2-3-8-16(13)19/h2-8,11-12,18H,9-10H2,1H3. The van der Waals surface area contributed by atoms with E-state index in [1.807, 2.05) is 24.3 Å². The topological polar surface area (TPSA) is 75.5 Å². The lowest BCUT2D eigenvalue weighted by Gasteiger charge is -2.23. The fourth-order valence-electron chi connectivity index (χ4n) is 2.82. The van der Waals surface area contributed by atoms with Crippen molar-refractivity contribution < 1.29 is 9.72 Å². The number of anilines is 2. The van der Waals surface area contributed by atoms with Gasteiger partial charge in [-0.15, -0.1) is 0 Å². The summed E-state index contributed by atoms with van der Waals surface area (Å²) in [6, 6.07) is 13.6. The maximum absolute atomic E-state index is 12.7. The van der Waals surface area contributed by atoms with Crippen molar-refractivity contribution in [2.24, 2.45) is 0 Å². The van der Waals surface area contributed by atoms with Crippen molar-refractivity contribution in [2.75, 3.05) is 16.8 Å². The van der Waals surface area contributed by atoms with E-state index in [0.717, 1.165) is 12.1 Å². The molecule has 0 bridgehead atoms. The molecule has 6 nitrogen and oxygen atoms in total. The smallest absolute Gasteiger partial charge is 0.271 e. The number of rotatable bonds is 4. The van der Waals surface area contributed by atoms with Crippen molar-refractivity contribution in [3.05, 3.63) is 64.2 Å². The molecule has 0 spiro atoms. The van der Waals surface area contributed by atoms with Crippen LogP contribution in [0.3, 0.4) is 0 Å². The number of benzene rings is 2. The monoisotopic (exact) mass is 311 g/mol. The van der Waals surface area contributed by atoms with Crippen LogP contribution >= 0.6 is 0 Å². The summed E-state index contributed by atoms with van der Waals surface area (Å²) in [5.74, 6) is -0.0403. The Morgan fingerprint density at radius 2 is 2.04 bits per heavy atom. The molecule has 0 saturated heterocycles. The van der Waals surface area contributed by atoms with Crippen molar-refractivity contribution in [1.29, 1.82) is 0 Å². The third-order valence-electron chi connectivity index (χ3n) is 3.96. The van der Waals surface area contributed by atoms with Crippen molar-refractivity contribution in [3.63, 3.8) is 0 Å². The van der Waals surface area contributed by atoms with Crippen molar-refractivity contribution in [3.8, 4) is 0 Å². The number of para-hydroxylation sites is 1. The molecule has 1 unspecified atom stereocenters. The molecule has 1 aliphatic heterocycles.